The zero-order valence-corrected chi connectivity index (χ0v) is 19.2. The maximum absolute atomic E-state index is 13.2. The van der Waals surface area contributed by atoms with Gasteiger partial charge in [0.15, 0.2) is 0 Å². The van der Waals surface area contributed by atoms with Gasteiger partial charge in [0.05, 0.1) is 12.1 Å². The van der Waals surface area contributed by atoms with Crippen LogP contribution in [0.3, 0.4) is 0 Å². The molecule has 0 aliphatic carbocycles. The Hall–Kier alpha value is -2.00. The molecule has 8 heteroatoms. The monoisotopic (exact) mass is 433 g/mol. The number of thiazole rings is 1. The van der Waals surface area contributed by atoms with Crippen molar-refractivity contribution in [2.24, 2.45) is 0 Å². The second-order valence-electron chi connectivity index (χ2n) is 9.01. The molecule has 0 spiro atoms. The molecular formula is C22H31N3O4S. The van der Waals surface area contributed by atoms with Crippen LogP contribution in [-0.4, -0.2) is 49.7 Å². The van der Waals surface area contributed by atoms with Gasteiger partial charge >= 0.3 is 6.09 Å². The minimum atomic E-state index is -0.893. The second kappa shape index (κ2) is 8.63. The van der Waals surface area contributed by atoms with Gasteiger partial charge < -0.3 is 14.7 Å². The largest absolute Gasteiger partial charge is 0.444 e. The zero-order valence-electron chi connectivity index (χ0n) is 18.4. The van der Waals surface area contributed by atoms with Gasteiger partial charge in [-0.15, -0.1) is 11.3 Å². The minimum absolute atomic E-state index is 0.289. The van der Waals surface area contributed by atoms with Crippen LogP contribution in [0.4, 0.5) is 4.79 Å². The highest BCUT2D eigenvalue weighted by molar-refractivity contribution is 7.09. The molecule has 0 radical (unpaired) electrons. The third-order valence-electron chi connectivity index (χ3n) is 4.96. The Kier molecular flexibility index (Phi) is 6.52. The Balaban J connectivity index is 1.98. The van der Waals surface area contributed by atoms with Gasteiger partial charge in [-0.25, -0.2) is 9.78 Å². The molecular weight excluding hydrogens is 402 g/mol. The summed E-state index contributed by atoms with van der Waals surface area (Å²) in [6.45, 7) is 11.4. The average molecular weight is 434 g/mol. The van der Waals surface area contributed by atoms with Gasteiger partial charge in [0.1, 0.15) is 22.4 Å². The van der Waals surface area contributed by atoms with Crippen molar-refractivity contribution in [1.82, 2.24) is 14.9 Å². The molecule has 2 heterocycles. The summed E-state index contributed by atoms with van der Waals surface area (Å²) in [7, 11) is 0. The van der Waals surface area contributed by atoms with E-state index in [-0.39, 0.29) is 12.6 Å². The molecule has 0 unspecified atom stereocenters. The van der Waals surface area contributed by atoms with E-state index in [1.807, 2.05) is 77.3 Å². The van der Waals surface area contributed by atoms with Crippen molar-refractivity contribution in [2.45, 2.75) is 77.6 Å². The molecule has 7 nitrogen and oxygen atoms in total. The predicted octanol–water partition coefficient (Wildman–Crippen LogP) is 4.84. The molecule has 1 amide bonds. The molecule has 1 fully saturated rings. The minimum Gasteiger partial charge on any atom is -0.444 e. The normalized spacial score (nSPS) is 22.3. The van der Waals surface area contributed by atoms with Crippen molar-refractivity contribution in [3.05, 3.63) is 52.5 Å². The van der Waals surface area contributed by atoms with Crippen molar-refractivity contribution in [1.29, 1.82) is 0 Å². The average Bonchev–Trinajstić information content (AvgIpc) is 3.21. The summed E-state index contributed by atoms with van der Waals surface area (Å²) in [5, 5.41) is 15.0. The highest BCUT2D eigenvalue weighted by Gasteiger charge is 2.54. The Bertz CT molecular complexity index is 836. The number of hydrogen-bond acceptors (Lipinski definition) is 7. The lowest BCUT2D eigenvalue weighted by atomic mass is 10.0. The Morgan fingerprint density at radius 3 is 2.60 bits per heavy atom. The number of aromatic nitrogens is 1. The number of amides is 1. The molecule has 3 atom stereocenters. The molecule has 3 rings (SSSR count). The molecule has 1 saturated heterocycles. The summed E-state index contributed by atoms with van der Waals surface area (Å²) in [5.41, 5.74) is -0.588. The molecule has 1 aromatic heterocycles. The predicted molar refractivity (Wildman–Crippen MR) is 115 cm³/mol. The van der Waals surface area contributed by atoms with Crippen molar-refractivity contribution >= 4 is 17.4 Å². The lowest BCUT2D eigenvalue weighted by Crippen LogP contribution is -2.54. The first-order valence-electron chi connectivity index (χ1n) is 10.1. The number of hydroxylamine groups is 2. The van der Waals surface area contributed by atoms with Crippen LogP contribution in [0.1, 0.15) is 58.2 Å². The maximum Gasteiger partial charge on any atom is 0.412 e. The highest BCUT2D eigenvalue weighted by Crippen LogP contribution is 2.42. The highest BCUT2D eigenvalue weighted by atomic mass is 32.1. The van der Waals surface area contributed by atoms with E-state index in [2.05, 4.69) is 4.98 Å². The van der Waals surface area contributed by atoms with Crippen LogP contribution in [-0.2, 0) is 16.0 Å². The summed E-state index contributed by atoms with van der Waals surface area (Å²) in [6, 6.07) is 8.63. The topological polar surface area (TPSA) is 75.1 Å². The molecule has 0 saturated carbocycles. The van der Waals surface area contributed by atoms with Gasteiger partial charge in [0, 0.05) is 18.1 Å². The van der Waals surface area contributed by atoms with Crippen molar-refractivity contribution in [2.75, 3.05) is 0 Å². The van der Waals surface area contributed by atoms with Crippen LogP contribution in [0.2, 0.25) is 0 Å². The number of carbonyl (C=O) groups is 1. The molecule has 30 heavy (non-hydrogen) atoms. The number of nitrogens with zero attached hydrogens (tertiary/aromatic N) is 3. The second-order valence-corrected chi connectivity index (χ2v) is 9.94. The van der Waals surface area contributed by atoms with Crippen LogP contribution in [0.25, 0.3) is 0 Å². The van der Waals surface area contributed by atoms with E-state index < -0.39 is 29.5 Å². The van der Waals surface area contributed by atoms with Gasteiger partial charge in [0.25, 0.3) is 0 Å². The summed E-state index contributed by atoms with van der Waals surface area (Å²) < 4.78 is 11.8. The Morgan fingerprint density at radius 2 is 2.03 bits per heavy atom. The fourth-order valence-corrected chi connectivity index (χ4v) is 4.68. The SMILES string of the molecule is C[C@H]1OC(C)(C)N(C(=O)OC(C)(C)C)[C@@H]1[C@@H](c1nccs1)N(O)Cc1ccccc1. The van der Waals surface area contributed by atoms with Crippen molar-refractivity contribution in [3.8, 4) is 0 Å². The summed E-state index contributed by atoms with van der Waals surface area (Å²) in [6.07, 6.45) is 0.885. The third-order valence-corrected chi connectivity index (χ3v) is 5.81. The fraction of sp³-hybridized carbons (Fsp3) is 0.545. The molecule has 164 valence electrons. The number of ether oxygens (including phenoxy) is 2. The number of benzene rings is 1. The van der Waals surface area contributed by atoms with Crippen LogP contribution >= 0.6 is 11.3 Å². The molecule has 1 aliphatic rings. The number of rotatable bonds is 5. The lowest BCUT2D eigenvalue weighted by molar-refractivity contribution is -0.156. The summed E-state index contributed by atoms with van der Waals surface area (Å²) >= 11 is 1.44. The van der Waals surface area contributed by atoms with E-state index in [1.54, 1.807) is 11.1 Å². The van der Waals surface area contributed by atoms with Gasteiger partial charge in [-0.2, -0.15) is 5.06 Å². The van der Waals surface area contributed by atoms with E-state index in [1.165, 1.54) is 16.4 Å². The van der Waals surface area contributed by atoms with E-state index in [0.717, 1.165) is 5.56 Å². The Morgan fingerprint density at radius 1 is 1.37 bits per heavy atom. The smallest absolute Gasteiger partial charge is 0.412 e. The first-order valence-corrected chi connectivity index (χ1v) is 11.0. The van der Waals surface area contributed by atoms with Crippen LogP contribution in [0, 0.1) is 0 Å². The fourth-order valence-electron chi connectivity index (χ4n) is 3.90. The first kappa shape index (κ1) is 22.7. The van der Waals surface area contributed by atoms with Crippen LogP contribution < -0.4 is 0 Å². The molecule has 1 aromatic carbocycles. The van der Waals surface area contributed by atoms with E-state index >= 15 is 0 Å². The molecule has 1 N–H and O–H groups in total. The van der Waals surface area contributed by atoms with Gasteiger partial charge in [0.2, 0.25) is 0 Å². The molecule has 1 aliphatic heterocycles. The van der Waals surface area contributed by atoms with Crippen molar-refractivity contribution < 1.29 is 19.5 Å². The maximum atomic E-state index is 13.2. The van der Waals surface area contributed by atoms with E-state index in [4.69, 9.17) is 9.47 Å². The number of hydrogen-bond donors (Lipinski definition) is 1. The molecule has 0 bridgehead atoms. The van der Waals surface area contributed by atoms with Crippen molar-refractivity contribution in [3.63, 3.8) is 0 Å². The quantitative estimate of drug-likeness (QED) is 0.681. The standard InChI is InChI=1S/C22H31N3O4S/c1-15-17(25(22(5,6)28-15)20(26)29-21(2,3)4)18(19-23-12-13-30-19)24(27)14-16-10-8-7-9-11-16/h7-13,15,17-18,27H,14H2,1-6H3/t15-,17+,18+/m1/s1. The Labute approximate surface area is 182 Å². The zero-order chi connectivity index (χ0) is 22.1. The van der Waals surface area contributed by atoms with Gasteiger partial charge in [-0.3, -0.25) is 4.90 Å². The summed E-state index contributed by atoms with van der Waals surface area (Å²) in [5.74, 6) is 0. The van der Waals surface area contributed by atoms with Crippen LogP contribution in [0.5, 0.6) is 0 Å². The van der Waals surface area contributed by atoms with Crippen LogP contribution in [0.15, 0.2) is 41.9 Å². The lowest BCUT2D eigenvalue weighted by Gasteiger charge is -2.39. The van der Waals surface area contributed by atoms with E-state index in [9.17, 15) is 10.0 Å². The number of carbonyl (C=O) groups excluding carboxylic acids is 1. The van der Waals surface area contributed by atoms with Gasteiger partial charge in [-0.1, -0.05) is 30.3 Å². The molecule has 2 aromatic rings. The van der Waals surface area contributed by atoms with Gasteiger partial charge in [-0.05, 0) is 47.1 Å². The summed E-state index contributed by atoms with van der Waals surface area (Å²) in [4.78, 5) is 19.3. The first-order chi connectivity index (χ1) is 14.0. The third kappa shape index (κ3) is 5.00. The van der Waals surface area contributed by atoms with E-state index in [0.29, 0.717) is 5.01 Å².